The van der Waals surface area contributed by atoms with E-state index >= 15 is 0 Å². The minimum atomic E-state index is -0.141. The lowest BCUT2D eigenvalue weighted by atomic mass is 10.2. The van der Waals surface area contributed by atoms with E-state index in [2.05, 4.69) is 5.10 Å². The highest BCUT2D eigenvalue weighted by Crippen LogP contribution is 2.36. The molecule has 0 spiro atoms. The van der Waals surface area contributed by atoms with Crippen molar-refractivity contribution in [2.75, 3.05) is 0 Å². The number of hydrogen-bond donors (Lipinski definition) is 0. The SMILES string of the molecule is O=c1n(CCl)nc(-c2ccc(Cl)cc2)n1C1CC1. The summed E-state index contributed by atoms with van der Waals surface area (Å²) < 4.78 is 3.01. The summed E-state index contributed by atoms with van der Waals surface area (Å²) in [5.41, 5.74) is 0.740. The molecule has 0 bridgehead atoms. The van der Waals surface area contributed by atoms with Gasteiger partial charge in [-0.3, -0.25) is 4.57 Å². The maximum Gasteiger partial charge on any atom is 0.347 e. The molecule has 0 N–H and O–H groups in total. The second-order valence-corrected chi connectivity index (χ2v) is 5.01. The first kappa shape index (κ1) is 11.8. The number of rotatable bonds is 3. The summed E-state index contributed by atoms with van der Waals surface area (Å²) in [6.07, 6.45) is 2.04. The first-order valence-electron chi connectivity index (χ1n) is 5.72. The van der Waals surface area contributed by atoms with Crippen LogP contribution in [-0.2, 0) is 6.00 Å². The van der Waals surface area contributed by atoms with Gasteiger partial charge in [-0.15, -0.1) is 16.7 Å². The number of benzene rings is 1. The summed E-state index contributed by atoms with van der Waals surface area (Å²) >= 11 is 11.6. The van der Waals surface area contributed by atoms with Crippen molar-refractivity contribution in [2.24, 2.45) is 0 Å². The molecule has 4 nitrogen and oxygen atoms in total. The average Bonchev–Trinajstić information content (AvgIpc) is 3.15. The van der Waals surface area contributed by atoms with Gasteiger partial charge in [0.1, 0.15) is 6.00 Å². The first-order valence-corrected chi connectivity index (χ1v) is 6.63. The number of alkyl halides is 1. The fourth-order valence-corrected chi connectivity index (χ4v) is 2.24. The fraction of sp³-hybridized carbons (Fsp3) is 0.333. The molecule has 1 aliphatic rings. The van der Waals surface area contributed by atoms with Gasteiger partial charge in [0, 0.05) is 16.6 Å². The Labute approximate surface area is 114 Å². The van der Waals surface area contributed by atoms with Crippen LogP contribution >= 0.6 is 23.2 Å². The summed E-state index contributed by atoms with van der Waals surface area (Å²) in [5.74, 6) is 0.666. The molecule has 1 fully saturated rings. The van der Waals surface area contributed by atoms with Crippen LogP contribution in [0.3, 0.4) is 0 Å². The zero-order valence-electron chi connectivity index (χ0n) is 9.51. The third-order valence-corrected chi connectivity index (χ3v) is 3.48. The van der Waals surface area contributed by atoms with Gasteiger partial charge in [-0.1, -0.05) is 11.6 Å². The molecule has 0 saturated heterocycles. The van der Waals surface area contributed by atoms with E-state index in [1.807, 2.05) is 12.1 Å². The summed E-state index contributed by atoms with van der Waals surface area (Å²) in [7, 11) is 0. The van der Waals surface area contributed by atoms with Crippen molar-refractivity contribution < 1.29 is 0 Å². The van der Waals surface area contributed by atoms with Crippen LogP contribution in [-0.4, -0.2) is 14.3 Å². The largest absolute Gasteiger partial charge is 0.347 e. The lowest BCUT2D eigenvalue weighted by Gasteiger charge is -2.03. The van der Waals surface area contributed by atoms with E-state index in [1.54, 1.807) is 16.7 Å². The maximum absolute atomic E-state index is 12.1. The Morgan fingerprint density at radius 1 is 1.28 bits per heavy atom. The fourth-order valence-electron chi connectivity index (χ4n) is 1.96. The third-order valence-electron chi connectivity index (χ3n) is 3.00. The molecule has 1 aromatic heterocycles. The number of hydrogen-bond acceptors (Lipinski definition) is 2. The van der Waals surface area contributed by atoms with Crippen molar-refractivity contribution in [1.82, 2.24) is 14.3 Å². The predicted octanol–water partition coefficient (Wildman–Crippen LogP) is 2.90. The van der Waals surface area contributed by atoms with Crippen molar-refractivity contribution in [2.45, 2.75) is 24.9 Å². The van der Waals surface area contributed by atoms with Crippen LogP contribution in [0.25, 0.3) is 11.4 Å². The molecule has 0 aliphatic heterocycles. The van der Waals surface area contributed by atoms with Gasteiger partial charge in [0.2, 0.25) is 0 Å². The molecule has 3 rings (SSSR count). The highest BCUT2D eigenvalue weighted by molar-refractivity contribution is 6.30. The minimum Gasteiger partial charge on any atom is -0.272 e. The number of aromatic nitrogens is 3. The Kier molecular flexibility index (Phi) is 2.92. The molecule has 94 valence electrons. The Balaban J connectivity index is 2.16. The summed E-state index contributed by atoms with van der Waals surface area (Å²) in [6, 6.07) is 7.64. The lowest BCUT2D eigenvalue weighted by molar-refractivity contribution is 0.657. The molecule has 1 saturated carbocycles. The van der Waals surface area contributed by atoms with Crippen LogP contribution in [0, 0.1) is 0 Å². The van der Waals surface area contributed by atoms with E-state index in [0.29, 0.717) is 10.8 Å². The minimum absolute atomic E-state index is 0.0686. The highest BCUT2D eigenvalue weighted by atomic mass is 35.5. The van der Waals surface area contributed by atoms with Gasteiger partial charge >= 0.3 is 5.69 Å². The second kappa shape index (κ2) is 4.44. The van der Waals surface area contributed by atoms with E-state index in [9.17, 15) is 4.79 Å². The average molecular weight is 284 g/mol. The summed E-state index contributed by atoms with van der Waals surface area (Å²) in [5, 5.41) is 4.94. The van der Waals surface area contributed by atoms with Gasteiger partial charge in [-0.05, 0) is 37.1 Å². The van der Waals surface area contributed by atoms with Crippen LogP contribution in [0.5, 0.6) is 0 Å². The van der Waals surface area contributed by atoms with Crippen molar-refractivity contribution >= 4 is 23.2 Å². The molecule has 0 unspecified atom stereocenters. The van der Waals surface area contributed by atoms with Crippen molar-refractivity contribution in [3.63, 3.8) is 0 Å². The second-order valence-electron chi connectivity index (χ2n) is 4.33. The van der Waals surface area contributed by atoms with E-state index in [1.165, 1.54) is 4.68 Å². The van der Waals surface area contributed by atoms with Gasteiger partial charge in [-0.2, -0.15) is 4.68 Å². The Bertz CT molecular complexity index is 626. The van der Waals surface area contributed by atoms with Crippen molar-refractivity contribution in [3.05, 3.63) is 39.8 Å². The van der Waals surface area contributed by atoms with E-state index in [-0.39, 0.29) is 17.7 Å². The quantitative estimate of drug-likeness (QED) is 0.813. The molecule has 1 aromatic carbocycles. The number of halogens is 2. The predicted molar refractivity (Wildman–Crippen MR) is 71.1 cm³/mol. The van der Waals surface area contributed by atoms with Crippen molar-refractivity contribution in [1.29, 1.82) is 0 Å². The Hall–Kier alpha value is -1.26. The molecule has 2 aromatic rings. The van der Waals surface area contributed by atoms with Gasteiger partial charge in [0.15, 0.2) is 5.82 Å². The van der Waals surface area contributed by atoms with Crippen molar-refractivity contribution in [3.8, 4) is 11.4 Å². The monoisotopic (exact) mass is 283 g/mol. The lowest BCUT2D eigenvalue weighted by Crippen LogP contribution is -2.23. The van der Waals surface area contributed by atoms with Gasteiger partial charge < -0.3 is 0 Å². The van der Waals surface area contributed by atoms with Crippen LogP contribution < -0.4 is 5.69 Å². The Morgan fingerprint density at radius 3 is 2.50 bits per heavy atom. The topological polar surface area (TPSA) is 39.8 Å². The molecular formula is C12H11Cl2N3O. The molecule has 18 heavy (non-hydrogen) atoms. The normalized spacial score (nSPS) is 15.0. The zero-order valence-corrected chi connectivity index (χ0v) is 11.0. The van der Waals surface area contributed by atoms with Crippen LogP contribution in [0.2, 0.25) is 5.02 Å². The molecule has 0 amide bonds. The molecule has 0 radical (unpaired) electrons. The van der Waals surface area contributed by atoms with E-state index in [4.69, 9.17) is 23.2 Å². The smallest absolute Gasteiger partial charge is 0.272 e. The Morgan fingerprint density at radius 2 is 1.94 bits per heavy atom. The zero-order chi connectivity index (χ0) is 12.7. The van der Waals surface area contributed by atoms with Gasteiger partial charge in [0.25, 0.3) is 0 Å². The summed E-state index contributed by atoms with van der Waals surface area (Å²) in [6.45, 7) is 0. The molecular weight excluding hydrogens is 273 g/mol. The van der Waals surface area contributed by atoms with Crippen LogP contribution in [0.1, 0.15) is 18.9 Å². The molecule has 1 aliphatic carbocycles. The maximum atomic E-state index is 12.1. The third kappa shape index (κ3) is 1.95. The molecule has 1 heterocycles. The molecule has 6 heteroatoms. The van der Waals surface area contributed by atoms with Gasteiger partial charge in [0.05, 0.1) is 0 Å². The first-order chi connectivity index (χ1) is 8.70. The van der Waals surface area contributed by atoms with E-state index in [0.717, 1.165) is 18.4 Å². The molecule has 0 atom stereocenters. The van der Waals surface area contributed by atoms with E-state index < -0.39 is 0 Å². The van der Waals surface area contributed by atoms with Crippen LogP contribution in [0.4, 0.5) is 0 Å². The van der Waals surface area contributed by atoms with Gasteiger partial charge in [-0.25, -0.2) is 4.79 Å². The standard InChI is InChI=1S/C12H11Cl2N3O/c13-7-16-12(18)17(10-5-6-10)11(15-16)8-1-3-9(14)4-2-8/h1-4,10H,5-7H2. The van der Waals surface area contributed by atoms with Crippen LogP contribution in [0.15, 0.2) is 29.1 Å². The summed E-state index contributed by atoms with van der Waals surface area (Å²) in [4.78, 5) is 12.1. The number of nitrogens with zero attached hydrogens (tertiary/aromatic N) is 3. The highest BCUT2D eigenvalue weighted by Gasteiger charge is 2.30.